The molecular weight excluding hydrogens is 421 g/mol. The molecule has 30 heavy (non-hydrogen) atoms. The van der Waals surface area contributed by atoms with Gasteiger partial charge in [0.1, 0.15) is 11.3 Å². The van der Waals surface area contributed by atoms with Crippen molar-refractivity contribution in [2.45, 2.75) is 11.1 Å². The molecule has 0 aliphatic carbocycles. The van der Waals surface area contributed by atoms with E-state index in [0.717, 1.165) is 24.3 Å². The van der Waals surface area contributed by atoms with Crippen LogP contribution in [-0.4, -0.2) is 59.1 Å². The van der Waals surface area contributed by atoms with Gasteiger partial charge in [0.2, 0.25) is 10.0 Å². The molecule has 2 aromatic heterocycles. The number of rotatable bonds is 3. The average Bonchev–Trinajstić information content (AvgIpc) is 3.17. The average molecular weight is 438 g/mol. The summed E-state index contributed by atoms with van der Waals surface area (Å²) in [5.41, 5.74) is -0.0195. The van der Waals surface area contributed by atoms with Crippen LogP contribution in [0.15, 0.2) is 59.8 Å². The number of imidazole rings is 1. The van der Waals surface area contributed by atoms with Gasteiger partial charge in [0.15, 0.2) is 0 Å². The van der Waals surface area contributed by atoms with Crippen LogP contribution >= 0.6 is 0 Å². The van der Waals surface area contributed by atoms with Gasteiger partial charge in [0.05, 0.1) is 10.5 Å². The third-order valence-electron chi connectivity index (χ3n) is 4.93. The Kier molecular flexibility index (Phi) is 5.02. The quantitative estimate of drug-likeness (QED) is 0.630. The van der Waals surface area contributed by atoms with E-state index in [-0.39, 0.29) is 42.7 Å². The summed E-state index contributed by atoms with van der Waals surface area (Å²) in [7, 11) is -3.95. The number of carbonyl (C=O) groups excluding carboxylic acids is 1. The molecule has 0 radical (unpaired) electrons. The number of halogens is 3. The van der Waals surface area contributed by atoms with E-state index in [2.05, 4.69) is 4.98 Å². The summed E-state index contributed by atoms with van der Waals surface area (Å²) in [5.74, 6) is -0.301. The van der Waals surface area contributed by atoms with Crippen molar-refractivity contribution in [2.75, 3.05) is 26.2 Å². The molecule has 7 nitrogen and oxygen atoms in total. The molecule has 0 unspecified atom stereocenters. The molecule has 4 rings (SSSR count). The molecule has 1 aliphatic heterocycles. The molecule has 3 heterocycles. The number of alkyl halides is 3. The molecule has 0 spiro atoms. The molecule has 158 valence electrons. The number of carbonyl (C=O) groups is 1. The fraction of sp³-hybridized carbons (Fsp3) is 0.263. The lowest BCUT2D eigenvalue weighted by molar-refractivity contribution is -0.137. The zero-order chi connectivity index (χ0) is 21.5. The Hall–Kier alpha value is -2.92. The number of hydrogen-bond acceptors (Lipinski definition) is 4. The van der Waals surface area contributed by atoms with Crippen molar-refractivity contribution in [3.63, 3.8) is 0 Å². The number of benzene rings is 1. The predicted molar refractivity (Wildman–Crippen MR) is 101 cm³/mol. The van der Waals surface area contributed by atoms with Gasteiger partial charge in [-0.15, -0.1) is 0 Å². The van der Waals surface area contributed by atoms with Gasteiger partial charge in [-0.3, -0.25) is 4.79 Å². The Morgan fingerprint density at radius 1 is 0.967 bits per heavy atom. The van der Waals surface area contributed by atoms with Crippen molar-refractivity contribution < 1.29 is 26.4 Å². The summed E-state index contributed by atoms with van der Waals surface area (Å²) in [5, 5.41) is 0. The standard InChI is InChI=1S/C19H17F3N4O3S/c20-19(21,22)14-4-6-15(7-5-14)30(28,29)26-11-9-24(10-12-26)18(27)16-13-25-8-2-1-3-17(25)23-16/h1-8,13H,9-12H2. The van der Waals surface area contributed by atoms with Crippen LogP contribution in [0.2, 0.25) is 0 Å². The second kappa shape index (κ2) is 7.40. The van der Waals surface area contributed by atoms with Gasteiger partial charge in [-0.05, 0) is 36.4 Å². The van der Waals surface area contributed by atoms with Gasteiger partial charge in [0.25, 0.3) is 5.91 Å². The summed E-state index contributed by atoms with van der Waals surface area (Å²) in [6.45, 7) is 0.407. The van der Waals surface area contributed by atoms with Crippen molar-refractivity contribution in [2.24, 2.45) is 0 Å². The van der Waals surface area contributed by atoms with E-state index in [1.54, 1.807) is 22.9 Å². The maximum absolute atomic E-state index is 12.7. The van der Waals surface area contributed by atoms with Crippen LogP contribution < -0.4 is 0 Å². The highest BCUT2D eigenvalue weighted by Gasteiger charge is 2.33. The maximum atomic E-state index is 12.7. The molecule has 1 saturated heterocycles. The van der Waals surface area contributed by atoms with Gasteiger partial charge in [-0.25, -0.2) is 13.4 Å². The second-order valence-electron chi connectivity index (χ2n) is 6.81. The van der Waals surface area contributed by atoms with E-state index < -0.39 is 21.8 Å². The van der Waals surface area contributed by atoms with E-state index in [9.17, 15) is 26.4 Å². The second-order valence-corrected chi connectivity index (χ2v) is 8.75. The number of hydrogen-bond donors (Lipinski definition) is 0. The third kappa shape index (κ3) is 3.77. The minimum absolute atomic E-state index is 0.0441. The van der Waals surface area contributed by atoms with E-state index in [4.69, 9.17) is 0 Å². The first-order chi connectivity index (χ1) is 14.2. The number of fused-ring (bicyclic) bond motifs is 1. The number of piperazine rings is 1. The molecule has 1 aliphatic rings. The zero-order valence-electron chi connectivity index (χ0n) is 15.6. The lowest BCUT2D eigenvalue weighted by Gasteiger charge is -2.33. The fourth-order valence-electron chi connectivity index (χ4n) is 3.30. The Morgan fingerprint density at radius 2 is 1.63 bits per heavy atom. The molecule has 1 amide bonds. The third-order valence-corrected chi connectivity index (χ3v) is 6.84. The predicted octanol–water partition coefficient (Wildman–Crippen LogP) is 2.50. The Bertz CT molecular complexity index is 1150. The van der Waals surface area contributed by atoms with Crippen LogP contribution in [-0.2, 0) is 16.2 Å². The van der Waals surface area contributed by atoms with Gasteiger partial charge in [-0.1, -0.05) is 6.07 Å². The summed E-state index contributed by atoms with van der Waals surface area (Å²) in [6.07, 6.45) is -1.15. The molecule has 1 fully saturated rings. The smallest absolute Gasteiger partial charge is 0.335 e. The number of sulfonamides is 1. The summed E-state index contributed by atoms with van der Waals surface area (Å²) < 4.78 is 66.4. The highest BCUT2D eigenvalue weighted by Crippen LogP contribution is 2.30. The Labute approximate surface area is 170 Å². The van der Waals surface area contributed by atoms with Crippen molar-refractivity contribution in [3.8, 4) is 0 Å². The monoisotopic (exact) mass is 438 g/mol. The molecule has 3 aromatic rings. The van der Waals surface area contributed by atoms with Gasteiger partial charge < -0.3 is 9.30 Å². The summed E-state index contributed by atoms with van der Waals surface area (Å²) >= 11 is 0. The van der Waals surface area contributed by atoms with E-state index >= 15 is 0 Å². The van der Waals surface area contributed by atoms with Crippen LogP contribution in [0.5, 0.6) is 0 Å². The molecule has 1 aromatic carbocycles. The highest BCUT2D eigenvalue weighted by molar-refractivity contribution is 7.89. The van der Waals surface area contributed by atoms with Crippen molar-refractivity contribution >= 4 is 21.6 Å². The molecule has 11 heteroatoms. The normalized spacial score (nSPS) is 16.2. The number of aromatic nitrogens is 2. The fourth-order valence-corrected chi connectivity index (χ4v) is 4.72. The van der Waals surface area contributed by atoms with E-state index in [1.807, 2.05) is 12.1 Å². The number of pyridine rings is 1. The lowest BCUT2D eigenvalue weighted by Crippen LogP contribution is -2.50. The van der Waals surface area contributed by atoms with Crippen LogP contribution in [0, 0.1) is 0 Å². The first-order valence-electron chi connectivity index (χ1n) is 9.07. The van der Waals surface area contributed by atoms with Crippen molar-refractivity contribution in [1.82, 2.24) is 18.6 Å². The molecular formula is C19H17F3N4O3S. The van der Waals surface area contributed by atoms with Crippen LogP contribution in [0.25, 0.3) is 5.65 Å². The molecule has 0 saturated carbocycles. The number of amides is 1. The minimum atomic E-state index is -4.54. The maximum Gasteiger partial charge on any atom is 0.416 e. The van der Waals surface area contributed by atoms with Gasteiger partial charge in [-0.2, -0.15) is 17.5 Å². The van der Waals surface area contributed by atoms with Crippen LogP contribution in [0.3, 0.4) is 0 Å². The molecule has 0 atom stereocenters. The van der Waals surface area contributed by atoms with Gasteiger partial charge in [0, 0.05) is 38.6 Å². The van der Waals surface area contributed by atoms with E-state index in [0.29, 0.717) is 5.65 Å². The molecule has 0 N–H and O–H groups in total. The summed E-state index contributed by atoms with van der Waals surface area (Å²) in [4.78, 5) is 18.3. The van der Waals surface area contributed by atoms with Crippen molar-refractivity contribution in [1.29, 1.82) is 0 Å². The SMILES string of the molecule is O=C(c1cn2ccccc2n1)N1CCN(S(=O)(=O)c2ccc(C(F)(F)F)cc2)CC1. The first-order valence-corrected chi connectivity index (χ1v) is 10.5. The first kappa shape index (κ1) is 20.4. The largest absolute Gasteiger partial charge is 0.416 e. The molecule has 0 bridgehead atoms. The highest BCUT2D eigenvalue weighted by atomic mass is 32.2. The zero-order valence-corrected chi connectivity index (χ0v) is 16.4. The lowest BCUT2D eigenvalue weighted by atomic mass is 10.2. The van der Waals surface area contributed by atoms with E-state index in [1.165, 1.54) is 9.21 Å². The minimum Gasteiger partial charge on any atom is -0.335 e. The number of nitrogens with zero attached hydrogens (tertiary/aromatic N) is 4. The summed E-state index contributed by atoms with van der Waals surface area (Å²) in [6, 6.07) is 8.78. The van der Waals surface area contributed by atoms with Crippen molar-refractivity contribution in [3.05, 3.63) is 66.1 Å². The van der Waals surface area contributed by atoms with Crippen LogP contribution in [0.4, 0.5) is 13.2 Å². The topological polar surface area (TPSA) is 75.0 Å². The Morgan fingerprint density at radius 3 is 2.23 bits per heavy atom. The van der Waals surface area contributed by atoms with Gasteiger partial charge >= 0.3 is 6.18 Å². The van der Waals surface area contributed by atoms with Crippen LogP contribution in [0.1, 0.15) is 16.1 Å². The Balaban J connectivity index is 1.45.